The predicted molar refractivity (Wildman–Crippen MR) is 91.1 cm³/mol. The van der Waals surface area contributed by atoms with Gasteiger partial charge in [0, 0.05) is 30.6 Å². The number of rotatable bonds is 9. The zero-order valence-corrected chi connectivity index (χ0v) is 15.7. The van der Waals surface area contributed by atoms with E-state index in [0.717, 1.165) is 36.5 Å². The van der Waals surface area contributed by atoms with E-state index in [1.165, 1.54) is 11.3 Å². The lowest BCUT2D eigenvalue weighted by atomic mass is 10.1. The number of aryl methyl sites for hydroxylation is 1. The number of sulfonamides is 1. The summed E-state index contributed by atoms with van der Waals surface area (Å²) in [6.07, 6.45) is 0.973. The molecule has 1 heterocycles. The number of nitrogens with two attached hydrogens (primary N) is 1. The first-order chi connectivity index (χ1) is 11.2. The molecule has 0 radical (unpaired) electrons. The molecule has 1 atom stereocenters. The van der Waals surface area contributed by atoms with Crippen molar-refractivity contribution in [3.63, 3.8) is 0 Å². The summed E-state index contributed by atoms with van der Waals surface area (Å²) in [7, 11) is -1.66. The number of carbonyl (C=O) groups excluding carboxylic acids is 2. The lowest BCUT2D eigenvalue weighted by Crippen LogP contribution is -2.34. The summed E-state index contributed by atoms with van der Waals surface area (Å²) in [4.78, 5) is 19.3. The van der Waals surface area contributed by atoms with Gasteiger partial charge in [-0.2, -0.15) is 9.59 Å². The average molecular weight is 380 g/mol. The van der Waals surface area contributed by atoms with E-state index in [1.54, 1.807) is 6.07 Å². The highest BCUT2D eigenvalue weighted by atomic mass is 32.2. The van der Waals surface area contributed by atoms with E-state index in [9.17, 15) is 8.42 Å². The van der Waals surface area contributed by atoms with E-state index in [0.29, 0.717) is 0 Å². The van der Waals surface area contributed by atoms with Gasteiger partial charge in [-0.05, 0) is 38.6 Å². The third-order valence-corrected chi connectivity index (χ3v) is 5.72. The van der Waals surface area contributed by atoms with E-state index in [1.807, 2.05) is 20.9 Å². The van der Waals surface area contributed by atoms with Crippen molar-refractivity contribution in [2.75, 3.05) is 33.3 Å². The molecule has 4 N–H and O–H groups in total. The highest BCUT2D eigenvalue weighted by molar-refractivity contribution is 7.91. The number of nitrogens with one attached hydrogen (secondary N) is 1. The van der Waals surface area contributed by atoms with Crippen molar-refractivity contribution in [2.24, 2.45) is 5.14 Å². The summed E-state index contributed by atoms with van der Waals surface area (Å²) in [5.41, 5.74) is 0.974. The molecular formula is C14H25N3O5S2. The fourth-order valence-corrected chi connectivity index (χ4v) is 4.15. The summed E-state index contributed by atoms with van der Waals surface area (Å²) < 4.78 is 23.1. The monoisotopic (exact) mass is 379 g/mol. The minimum absolute atomic E-state index is 0.0467. The summed E-state index contributed by atoms with van der Waals surface area (Å²) in [5, 5.41) is 17.5. The SMILES string of the molecule is CCNC(CN(C)CCCO)c1cc(S(N)(=O)=O)sc1C.O=C=O. The molecule has 0 saturated heterocycles. The smallest absolute Gasteiger partial charge is 0.373 e. The third kappa shape index (κ3) is 8.11. The van der Waals surface area contributed by atoms with Crippen LogP contribution in [0.2, 0.25) is 0 Å². The van der Waals surface area contributed by atoms with Gasteiger partial charge in [-0.3, -0.25) is 0 Å². The predicted octanol–water partition coefficient (Wildman–Crippen LogP) is 0.0852. The van der Waals surface area contributed by atoms with Crippen LogP contribution < -0.4 is 10.5 Å². The minimum Gasteiger partial charge on any atom is -0.396 e. The summed E-state index contributed by atoms with van der Waals surface area (Å²) in [6.45, 7) is 6.43. The van der Waals surface area contributed by atoms with E-state index < -0.39 is 10.0 Å². The van der Waals surface area contributed by atoms with Gasteiger partial charge in [0.1, 0.15) is 4.21 Å². The van der Waals surface area contributed by atoms with Crippen molar-refractivity contribution in [3.8, 4) is 0 Å². The molecular weight excluding hydrogens is 354 g/mol. The molecule has 1 rings (SSSR count). The van der Waals surface area contributed by atoms with Crippen LogP contribution in [-0.4, -0.2) is 57.9 Å². The molecule has 138 valence electrons. The number of hydrogen-bond donors (Lipinski definition) is 3. The highest BCUT2D eigenvalue weighted by Gasteiger charge is 2.21. The van der Waals surface area contributed by atoms with E-state index >= 15 is 0 Å². The van der Waals surface area contributed by atoms with Crippen LogP contribution in [0.3, 0.4) is 0 Å². The first kappa shape index (κ1) is 22.9. The van der Waals surface area contributed by atoms with Crippen molar-refractivity contribution < 1.29 is 23.1 Å². The fourth-order valence-electron chi connectivity index (χ4n) is 2.22. The quantitative estimate of drug-likeness (QED) is 0.554. The molecule has 0 saturated carbocycles. The maximum Gasteiger partial charge on any atom is 0.373 e. The van der Waals surface area contributed by atoms with Crippen LogP contribution in [0, 0.1) is 6.92 Å². The molecule has 8 nitrogen and oxygen atoms in total. The Morgan fingerprint density at radius 2 is 2.04 bits per heavy atom. The Morgan fingerprint density at radius 1 is 1.46 bits per heavy atom. The van der Waals surface area contributed by atoms with Crippen LogP contribution in [0.25, 0.3) is 0 Å². The molecule has 0 amide bonds. The van der Waals surface area contributed by atoms with Crippen LogP contribution in [-0.2, 0) is 19.6 Å². The Morgan fingerprint density at radius 3 is 2.46 bits per heavy atom. The van der Waals surface area contributed by atoms with Crippen LogP contribution in [0.1, 0.15) is 29.8 Å². The van der Waals surface area contributed by atoms with Gasteiger partial charge >= 0.3 is 6.15 Å². The van der Waals surface area contributed by atoms with Crippen LogP contribution in [0.15, 0.2) is 10.3 Å². The van der Waals surface area contributed by atoms with Crippen molar-refractivity contribution in [3.05, 3.63) is 16.5 Å². The molecule has 1 aromatic rings. The molecule has 10 heteroatoms. The van der Waals surface area contributed by atoms with Gasteiger partial charge in [-0.25, -0.2) is 13.6 Å². The summed E-state index contributed by atoms with van der Waals surface area (Å²) in [6, 6.07) is 1.72. The molecule has 1 aromatic heterocycles. The standard InChI is InChI=1S/C13H25N3O3S2.CO2/c1-4-15-12(9-16(3)6-5-7-17)11-8-13(20-10(11)2)21(14,18)19;2-1-3/h8,12,15,17H,4-7,9H2,1-3H3,(H2,14,18,19);. The second-order valence-electron chi connectivity index (χ2n) is 5.15. The normalized spacial score (nSPS) is 12.4. The molecule has 0 fully saturated rings. The molecule has 0 bridgehead atoms. The lowest BCUT2D eigenvalue weighted by Gasteiger charge is -2.24. The summed E-state index contributed by atoms with van der Waals surface area (Å²) in [5.74, 6) is 0. The van der Waals surface area contributed by atoms with Crippen molar-refractivity contribution in [1.82, 2.24) is 10.2 Å². The van der Waals surface area contributed by atoms with E-state index in [-0.39, 0.29) is 23.0 Å². The van der Waals surface area contributed by atoms with Gasteiger partial charge in [-0.15, -0.1) is 11.3 Å². The summed E-state index contributed by atoms with van der Waals surface area (Å²) >= 11 is 1.21. The lowest BCUT2D eigenvalue weighted by molar-refractivity contribution is -0.191. The highest BCUT2D eigenvalue weighted by Crippen LogP contribution is 2.29. The number of nitrogens with zero attached hydrogens (tertiary/aromatic N) is 1. The number of thiophene rings is 1. The van der Waals surface area contributed by atoms with Crippen LogP contribution in [0.4, 0.5) is 0 Å². The molecule has 1 unspecified atom stereocenters. The Hall–Kier alpha value is -1.13. The topological polar surface area (TPSA) is 130 Å². The first-order valence-corrected chi connectivity index (χ1v) is 9.72. The largest absolute Gasteiger partial charge is 0.396 e. The molecule has 0 aliphatic rings. The Kier molecular flexibility index (Phi) is 10.9. The van der Waals surface area contributed by atoms with Crippen molar-refractivity contribution >= 4 is 27.5 Å². The molecule has 0 aliphatic heterocycles. The maximum absolute atomic E-state index is 11.5. The molecule has 0 aliphatic carbocycles. The van der Waals surface area contributed by atoms with Crippen LogP contribution >= 0.6 is 11.3 Å². The maximum atomic E-state index is 11.5. The third-order valence-electron chi connectivity index (χ3n) is 3.23. The Bertz CT molecular complexity index is 624. The van der Waals surface area contributed by atoms with Gasteiger partial charge in [0.2, 0.25) is 10.0 Å². The Balaban J connectivity index is 0.00000163. The van der Waals surface area contributed by atoms with Gasteiger partial charge in [0.05, 0.1) is 0 Å². The fraction of sp³-hybridized carbons (Fsp3) is 0.643. The van der Waals surface area contributed by atoms with Crippen LogP contribution in [0.5, 0.6) is 0 Å². The molecule has 0 aromatic carbocycles. The van der Waals surface area contributed by atoms with Gasteiger partial charge < -0.3 is 15.3 Å². The van der Waals surface area contributed by atoms with Crippen molar-refractivity contribution in [1.29, 1.82) is 0 Å². The second kappa shape index (κ2) is 11.4. The average Bonchev–Trinajstić information content (AvgIpc) is 2.87. The zero-order valence-electron chi connectivity index (χ0n) is 14.1. The zero-order chi connectivity index (χ0) is 18.8. The number of aliphatic hydroxyl groups excluding tert-OH is 1. The molecule has 24 heavy (non-hydrogen) atoms. The van der Waals surface area contributed by atoms with Gasteiger partial charge in [-0.1, -0.05) is 6.92 Å². The number of aliphatic hydroxyl groups is 1. The van der Waals surface area contributed by atoms with Crippen molar-refractivity contribution in [2.45, 2.75) is 30.5 Å². The van der Waals surface area contributed by atoms with Gasteiger partial charge in [0.15, 0.2) is 0 Å². The second-order valence-corrected chi connectivity index (χ2v) is 8.20. The first-order valence-electron chi connectivity index (χ1n) is 7.36. The minimum atomic E-state index is -3.65. The van der Waals surface area contributed by atoms with E-state index in [4.69, 9.17) is 19.8 Å². The Labute approximate surface area is 146 Å². The number of primary sulfonamides is 1. The molecule has 0 spiro atoms. The van der Waals surface area contributed by atoms with E-state index in [2.05, 4.69) is 10.2 Å². The number of likely N-dealkylation sites (N-methyl/N-ethyl adjacent to an activating group) is 2. The number of hydrogen-bond acceptors (Lipinski definition) is 8. The van der Waals surface area contributed by atoms with Gasteiger partial charge in [0.25, 0.3) is 0 Å².